The van der Waals surface area contributed by atoms with Crippen molar-refractivity contribution in [3.05, 3.63) is 0 Å². The van der Waals surface area contributed by atoms with Crippen molar-refractivity contribution in [1.29, 1.82) is 0 Å². The Balaban J connectivity index is 1.89. The molecular weight excluding hydrogens is 240 g/mol. The molecule has 2 aliphatic rings. The van der Waals surface area contributed by atoms with E-state index in [-0.39, 0.29) is 17.2 Å². The molecule has 3 N–H and O–H groups in total. The molecule has 0 saturated heterocycles. The third kappa shape index (κ3) is 4.37. The Labute approximate surface area is 116 Å². The lowest BCUT2D eigenvalue weighted by Crippen LogP contribution is -2.49. The van der Waals surface area contributed by atoms with Gasteiger partial charge in [0, 0.05) is 11.1 Å². The molecule has 0 aromatic heterocycles. The van der Waals surface area contributed by atoms with Gasteiger partial charge in [0.2, 0.25) is 0 Å². The van der Waals surface area contributed by atoms with Crippen molar-refractivity contribution in [3.8, 4) is 0 Å². The summed E-state index contributed by atoms with van der Waals surface area (Å²) in [6.07, 6.45) is 8.48. The van der Waals surface area contributed by atoms with Gasteiger partial charge in [0.1, 0.15) is 5.60 Å². The van der Waals surface area contributed by atoms with E-state index in [9.17, 15) is 4.79 Å². The van der Waals surface area contributed by atoms with Gasteiger partial charge in [-0.25, -0.2) is 4.79 Å². The first-order valence-corrected chi connectivity index (χ1v) is 7.52. The normalized spacial score (nSPS) is 24.0. The van der Waals surface area contributed by atoms with Crippen LogP contribution in [-0.4, -0.2) is 22.8 Å². The lowest BCUT2D eigenvalue weighted by Gasteiger charge is -2.32. The molecule has 1 amide bonds. The highest BCUT2D eigenvalue weighted by Gasteiger charge is 2.43. The first-order valence-electron chi connectivity index (χ1n) is 7.52. The Morgan fingerprint density at radius 3 is 2.21 bits per heavy atom. The van der Waals surface area contributed by atoms with Crippen molar-refractivity contribution >= 4 is 6.09 Å². The fraction of sp³-hybridized carbons (Fsp3) is 0.933. The molecule has 2 saturated carbocycles. The van der Waals surface area contributed by atoms with Gasteiger partial charge < -0.3 is 15.8 Å². The highest BCUT2D eigenvalue weighted by Crippen LogP contribution is 2.42. The van der Waals surface area contributed by atoms with Crippen molar-refractivity contribution < 1.29 is 9.53 Å². The van der Waals surface area contributed by atoms with E-state index in [0.29, 0.717) is 0 Å². The molecule has 0 aromatic carbocycles. The van der Waals surface area contributed by atoms with Crippen LogP contribution in [0.1, 0.15) is 72.1 Å². The van der Waals surface area contributed by atoms with E-state index < -0.39 is 5.60 Å². The Morgan fingerprint density at radius 1 is 1.16 bits per heavy atom. The quantitative estimate of drug-likeness (QED) is 0.823. The number of carbonyl (C=O) groups is 1. The zero-order valence-corrected chi connectivity index (χ0v) is 12.6. The number of ether oxygens (including phenoxy) is 1. The van der Waals surface area contributed by atoms with Gasteiger partial charge in [-0.3, -0.25) is 0 Å². The second-order valence-corrected chi connectivity index (χ2v) is 7.48. The predicted molar refractivity (Wildman–Crippen MR) is 76.0 cm³/mol. The number of nitrogens with one attached hydrogen (secondary N) is 1. The van der Waals surface area contributed by atoms with Crippen LogP contribution in [0.5, 0.6) is 0 Å². The van der Waals surface area contributed by atoms with Crippen molar-refractivity contribution in [2.45, 2.75) is 88.8 Å². The van der Waals surface area contributed by atoms with Crippen LogP contribution < -0.4 is 11.1 Å². The molecule has 0 radical (unpaired) electrons. The summed E-state index contributed by atoms with van der Waals surface area (Å²) in [5.41, 5.74) is 5.73. The third-order valence-corrected chi connectivity index (χ3v) is 4.32. The van der Waals surface area contributed by atoms with Gasteiger partial charge >= 0.3 is 6.09 Å². The minimum absolute atomic E-state index is 0.0607. The second-order valence-electron chi connectivity index (χ2n) is 7.48. The highest BCUT2D eigenvalue weighted by molar-refractivity contribution is 5.68. The lowest BCUT2D eigenvalue weighted by atomic mass is 9.89. The first-order chi connectivity index (χ1) is 8.72. The number of nitrogens with two attached hydrogens (primary N) is 1. The fourth-order valence-corrected chi connectivity index (χ4v) is 2.91. The lowest BCUT2D eigenvalue weighted by molar-refractivity contribution is 0.0447. The van der Waals surface area contributed by atoms with Crippen LogP contribution in [0.4, 0.5) is 4.79 Å². The van der Waals surface area contributed by atoms with Gasteiger partial charge in [-0.1, -0.05) is 12.8 Å². The van der Waals surface area contributed by atoms with Gasteiger partial charge in [-0.2, -0.15) is 0 Å². The summed E-state index contributed by atoms with van der Waals surface area (Å²) in [5.74, 6) is 0. The topological polar surface area (TPSA) is 64.3 Å². The Hall–Kier alpha value is -0.770. The average molecular weight is 268 g/mol. The molecule has 4 heteroatoms. The van der Waals surface area contributed by atoms with Gasteiger partial charge in [0.15, 0.2) is 0 Å². The first kappa shape index (κ1) is 14.6. The summed E-state index contributed by atoms with van der Waals surface area (Å²) >= 11 is 0. The molecule has 0 heterocycles. The van der Waals surface area contributed by atoms with Crippen molar-refractivity contribution in [1.82, 2.24) is 5.32 Å². The zero-order valence-electron chi connectivity index (χ0n) is 12.6. The van der Waals surface area contributed by atoms with Crippen LogP contribution in [0.2, 0.25) is 0 Å². The van der Waals surface area contributed by atoms with Crippen LogP contribution in [0.25, 0.3) is 0 Å². The van der Waals surface area contributed by atoms with Crippen LogP contribution in [0, 0.1) is 0 Å². The smallest absolute Gasteiger partial charge is 0.408 e. The summed E-state index contributed by atoms with van der Waals surface area (Å²) in [5, 5.41) is 3.13. The van der Waals surface area contributed by atoms with Crippen molar-refractivity contribution in [2.24, 2.45) is 5.73 Å². The fourth-order valence-electron chi connectivity index (χ4n) is 2.91. The number of alkyl carbamates (subject to hydrolysis) is 1. The molecule has 0 aromatic rings. The number of rotatable bonds is 4. The molecule has 4 nitrogen and oxygen atoms in total. The molecule has 110 valence electrons. The Bertz CT molecular complexity index is 337. The minimum atomic E-state index is -0.435. The molecular formula is C15H28N2O2. The second kappa shape index (κ2) is 4.97. The van der Waals surface area contributed by atoms with E-state index in [0.717, 1.165) is 38.5 Å². The van der Waals surface area contributed by atoms with E-state index in [2.05, 4.69) is 5.32 Å². The summed E-state index contributed by atoms with van der Waals surface area (Å²) in [6.45, 7) is 5.69. The molecule has 2 fully saturated rings. The van der Waals surface area contributed by atoms with E-state index in [1.807, 2.05) is 20.8 Å². The molecule has 0 spiro atoms. The van der Waals surface area contributed by atoms with Crippen LogP contribution in [0.15, 0.2) is 0 Å². The van der Waals surface area contributed by atoms with E-state index in [1.165, 1.54) is 12.8 Å². The van der Waals surface area contributed by atoms with E-state index in [1.54, 1.807) is 0 Å². The minimum Gasteiger partial charge on any atom is -0.444 e. The van der Waals surface area contributed by atoms with Gasteiger partial charge in [0.05, 0.1) is 0 Å². The monoisotopic (exact) mass is 268 g/mol. The van der Waals surface area contributed by atoms with E-state index in [4.69, 9.17) is 10.5 Å². The maximum Gasteiger partial charge on any atom is 0.408 e. The maximum atomic E-state index is 12.0. The summed E-state index contributed by atoms with van der Waals surface area (Å²) in [4.78, 5) is 12.0. The number of hydrogen-bond acceptors (Lipinski definition) is 3. The highest BCUT2D eigenvalue weighted by atomic mass is 16.6. The molecule has 2 rings (SSSR count). The zero-order chi connectivity index (χ0) is 14.1. The number of hydrogen-bond donors (Lipinski definition) is 2. The average Bonchev–Trinajstić information content (AvgIpc) is 2.82. The van der Waals surface area contributed by atoms with Crippen molar-refractivity contribution in [3.63, 3.8) is 0 Å². The summed E-state index contributed by atoms with van der Waals surface area (Å²) in [6, 6.07) is 0. The van der Waals surface area contributed by atoms with Gasteiger partial charge in [0.25, 0.3) is 0 Å². The predicted octanol–water partition coefficient (Wildman–Crippen LogP) is 3.10. The molecule has 0 atom stereocenters. The third-order valence-electron chi connectivity index (χ3n) is 4.32. The van der Waals surface area contributed by atoms with Gasteiger partial charge in [-0.05, 0) is 59.3 Å². The molecule has 0 aliphatic heterocycles. The Kier molecular flexibility index (Phi) is 3.83. The number of carbonyl (C=O) groups excluding carboxylic acids is 1. The summed E-state index contributed by atoms with van der Waals surface area (Å²) in [7, 11) is 0. The standard InChI is InChI=1S/C15H28N2O2/c1-13(2,3)19-12(18)17-15(6-4-5-7-15)11-10-14(16)8-9-14/h4-11,16H2,1-3H3,(H,17,18). The SMILES string of the molecule is CC(C)(C)OC(=O)NC1(CCC2(N)CC2)CCCC1. The Morgan fingerprint density at radius 2 is 1.74 bits per heavy atom. The van der Waals surface area contributed by atoms with Crippen LogP contribution in [-0.2, 0) is 4.74 Å². The van der Waals surface area contributed by atoms with Crippen LogP contribution in [0.3, 0.4) is 0 Å². The molecule has 19 heavy (non-hydrogen) atoms. The largest absolute Gasteiger partial charge is 0.444 e. The van der Waals surface area contributed by atoms with E-state index >= 15 is 0 Å². The maximum absolute atomic E-state index is 12.0. The van der Waals surface area contributed by atoms with Gasteiger partial charge in [-0.15, -0.1) is 0 Å². The molecule has 0 unspecified atom stereocenters. The van der Waals surface area contributed by atoms with Crippen molar-refractivity contribution in [2.75, 3.05) is 0 Å². The molecule has 0 bridgehead atoms. The number of amides is 1. The summed E-state index contributed by atoms with van der Waals surface area (Å²) < 4.78 is 5.39. The molecule has 2 aliphatic carbocycles. The van der Waals surface area contributed by atoms with Crippen LogP contribution >= 0.6 is 0 Å².